The van der Waals surface area contributed by atoms with Crippen LogP contribution in [0.2, 0.25) is 0 Å². The third-order valence-electron chi connectivity index (χ3n) is 7.02. The Balaban J connectivity index is 1.37. The number of hydrogen-bond donors (Lipinski definition) is 1. The third-order valence-corrected chi connectivity index (χ3v) is 7.02. The number of hydrogen-bond acceptors (Lipinski definition) is 4. The monoisotopic (exact) mass is 336 g/mol. The summed E-state index contributed by atoms with van der Waals surface area (Å²) in [6.45, 7) is 1.74. The summed E-state index contributed by atoms with van der Waals surface area (Å²) in [6.07, 6.45) is 8.22. The summed E-state index contributed by atoms with van der Waals surface area (Å²) < 4.78 is 11.6. The standard InChI is InChI=1S/C19H28O5/c1-11(24-18(22)19(17(20)21)4-2-3-5-19)23-16-14-7-12-6-13(9-14)10-15(16)8-12/h11-16H,2-10H2,1H3,(H,20,21). The Kier molecular flexibility index (Phi) is 4.10. The van der Waals surface area contributed by atoms with E-state index >= 15 is 0 Å². The summed E-state index contributed by atoms with van der Waals surface area (Å²) in [6, 6.07) is 0. The van der Waals surface area contributed by atoms with Crippen molar-refractivity contribution in [2.75, 3.05) is 0 Å². The van der Waals surface area contributed by atoms with Crippen LogP contribution in [0.4, 0.5) is 0 Å². The van der Waals surface area contributed by atoms with Crippen LogP contribution in [0.25, 0.3) is 0 Å². The van der Waals surface area contributed by atoms with Gasteiger partial charge in [-0.3, -0.25) is 9.59 Å². The lowest BCUT2D eigenvalue weighted by molar-refractivity contribution is -0.225. The molecule has 1 atom stereocenters. The molecule has 0 spiro atoms. The van der Waals surface area contributed by atoms with E-state index in [0.717, 1.165) is 24.7 Å². The minimum atomic E-state index is -1.35. The predicted molar refractivity (Wildman–Crippen MR) is 86.0 cm³/mol. The topological polar surface area (TPSA) is 72.8 Å². The quantitative estimate of drug-likeness (QED) is 0.473. The predicted octanol–water partition coefficient (Wildman–Crippen LogP) is 3.36. The van der Waals surface area contributed by atoms with Crippen LogP contribution in [-0.4, -0.2) is 29.4 Å². The number of aliphatic carboxylic acids is 1. The number of carbonyl (C=O) groups excluding carboxylic acids is 1. The van der Waals surface area contributed by atoms with E-state index in [9.17, 15) is 14.7 Å². The molecule has 0 saturated heterocycles. The van der Waals surface area contributed by atoms with E-state index in [1.165, 1.54) is 32.1 Å². The summed E-state index contributed by atoms with van der Waals surface area (Å²) in [5.74, 6) is 1.29. The second-order valence-electron chi connectivity index (χ2n) is 8.60. The zero-order valence-corrected chi connectivity index (χ0v) is 14.4. The molecule has 1 N–H and O–H groups in total. The van der Waals surface area contributed by atoms with Crippen molar-refractivity contribution in [2.24, 2.45) is 29.1 Å². The lowest BCUT2D eigenvalue weighted by atomic mass is 9.55. The van der Waals surface area contributed by atoms with Gasteiger partial charge in [-0.25, -0.2) is 0 Å². The molecule has 0 heterocycles. The smallest absolute Gasteiger partial charge is 0.325 e. The number of rotatable bonds is 5. The van der Waals surface area contributed by atoms with E-state index in [1.807, 2.05) is 0 Å². The van der Waals surface area contributed by atoms with Gasteiger partial charge in [0.2, 0.25) is 0 Å². The van der Waals surface area contributed by atoms with Crippen LogP contribution in [0, 0.1) is 29.1 Å². The number of carboxylic acid groups (broad SMARTS) is 1. The molecule has 5 saturated carbocycles. The Hall–Kier alpha value is -1.10. The highest BCUT2D eigenvalue weighted by molar-refractivity contribution is 5.99. The molecule has 0 radical (unpaired) electrons. The van der Waals surface area contributed by atoms with Crippen molar-refractivity contribution in [1.29, 1.82) is 0 Å². The zero-order chi connectivity index (χ0) is 16.9. The van der Waals surface area contributed by atoms with Crippen molar-refractivity contribution < 1.29 is 24.2 Å². The van der Waals surface area contributed by atoms with Gasteiger partial charge < -0.3 is 14.6 Å². The highest BCUT2D eigenvalue weighted by Gasteiger charge is 2.52. The molecule has 0 aromatic heterocycles. The van der Waals surface area contributed by atoms with Gasteiger partial charge in [0, 0.05) is 0 Å². The molecule has 5 nitrogen and oxygen atoms in total. The molecule has 5 fully saturated rings. The van der Waals surface area contributed by atoms with Gasteiger partial charge in [-0.05, 0) is 75.5 Å². The van der Waals surface area contributed by atoms with Gasteiger partial charge in [0.1, 0.15) is 0 Å². The molecule has 5 aliphatic rings. The first-order chi connectivity index (χ1) is 11.5. The fourth-order valence-corrected chi connectivity index (χ4v) is 6.09. The molecule has 1 unspecified atom stereocenters. The van der Waals surface area contributed by atoms with Crippen LogP contribution in [0.5, 0.6) is 0 Å². The minimum absolute atomic E-state index is 0.185. The number of esters is 1. The lowest BCUT2D eigenvalue weighted by Gasteiger charge is -2.54. The maximum atomic E-state index is 12.5. The van der Waals surface area contributed by atoms with Gasteiger partial charge in [-0.15, -0.1) is 0 Å². The van der Waals surface area contributed by atoms with E-state index in [2.05, 4.69) is 0 Å². The van der Waals surface area contributed by atoms with Crippen molar-refractivity contribution in [2.45, 2.75) is 77.1 Å². The van der Waals surface area contributed by atoms with Crippen molar-refractivity contribution in [3.05, 3.63) is 0 Å². The Morgan fingerprint density at radius 1 is 1.00 bits per heavy atom. The summed E-state index contributed by atoms with van der Waals surface area (Å²) >= 11 is 0. The second kappa shape index (κ2) is 6.01. The van der Waals surface area contributed by atoms with Gasteiger partial charge in [0.15, 0.2) is 11.7 Å². The highest BCUT2D eigenvalue weighted by atomic mass is 16.7. The molecule has 0 amide bonds. The van der Waals surface area contributed by atoms with Crippen molar-refractivity contribution in [1.82, 2.24) is 0 Å². The highest BCUT2D eigenvalue weighted by Crippen LogP contribution is 2.55. The van der Waals surface area contributed by atoms with E-state index in [4.69, 9.17) is 9.47 Å². The maximum absolute atomic E-state index is 12.5. The van der Waals surface area contributed by atoms with E-state index < -0.39 is 23.6 Å². The van der Waals surface area contributed by atoms with Crippen LogP contribution in [-0.2, 0) is 19.1 Å². The first kappa shape index (κ1) is 16.4. The van der Waals surface area contributed by atoms with Gasteiger partial charge in [0.25, 0.3) is 0 Å². The van der Waals surface area contributed by atoms with Crippen molar-refractivity contribution in [3.63, 3.8) is 0 Å². The molecular weight excluding hydrogens is 308 g/mol. The van der Waals surface area contributed by atoms with Gasteiger partial charge in [-0.1, -0.05) is 12.8 Å². The molecule has 5 aliphatic carbocycles. The Labute approximate surface area is 143 Å². The van der Waals surface area contributed by atoms with E-state index in [-0.39, 0.29) is 6.10 Å². The third kappa shape index (κ3) is 2.65. The van der Waals surface area contributed by atoms with Crippen molar-refractivity contribution >= 4 is 11.9 Å². The molecule has 5 heteroatoms. The van der Waals surface area contributed by atoms with E-state index in [0.29, 0.717) is 24.7 Å². The summed E-state index contributed by atoms with van der Waals surface area (Å²) in [5.41, 5.74) is -1.35. The normalized spacial score (nSPS) is 40.5. The Bertz CT molecular complexity index is 494. The second-order valence-corrected chi connectivity index (χ2v) is 8.60. The van der Waals surface area contributed by atoms with Crippen LogP contribution < -0.4 is 0 Å². The molecule has 4 bridgehead atoms. The zero-order valence-electron chi connectivity index (χ0n) is 14.4. The summed E-state index contributed by atoms with van der Waals surface area (Å²) in [7, 11) is 0. The van der Waals surface area contributed by atoms with Crippen LogP contribution in [0.3, 0.4) is 0 Å². The fourth-order valence-electron chi connectivity index (χ4n) is 6.09. The number of ether oxygens (including phenoxy) is 2. The maximum Gasteiger partial charge on any atom is 0.325 e. The first-order valence-corrected chi connectivity index (χ1v) is 9.58. The molecule has 0 aliphatic heterocycles. The minimum Gasteiger partial charge on any atom is -0.480 e. The molecule has 0 aromatic rings. The number of carboxylic acids is 1. The first-order valence-electron chi connectivity index (χ1n) is 9.58. The lowest BCUT2D eigenvalue weighted by Crippen LogP contribution is -2.51. The molecule has 0 aromatic carbocycles. The van der Waals surface area contributed by atoms with Crippen LogP contribution >= 0.6 is 0 Å². The van der Waals surface area contributed by atoms with E-state index in [1.54, 1.807) is 6.92 Å². The van der Waals surface area contributed by atoms with Gasteiger partial charge in [-0.2, -0.15) is 0 Å². The largest absolute Gasteiger partial charge is 0.480 e. The molecule has 5 rings (SSSR count). The summed E-state index contributed by atoms with van der Waals surface area (Å²) in [5, 5.41) is 9.49. The molecule has 134 valence electrons. The number of carbonyl (C=O) groups is 2. The van der Waals surface area contributed by atoms with Crippen LogP contribution in [0.15, 0.2) is 0 Å². The summed E-state index contributed by atoms with van der Waals surface area (Å²) in [4.78, 5) is 24.1. The SMILES string of the molecule is CC(OC(=O)C1(C(=O)O)CCCC1)OC1C2CC3CC(C2)CC1C3. The average Bonchev–Trinajstić information content (AvgIpc) is 3.01. The van der Waals surface area contributed by atoms with Crippen molar-refractivity contribution in [3.8, 4) is 0 Å². The fraction of sp³-hybridized carbons (Fsp3) is 0.895. The van der Waals surface area contributed by atoms with Gasteiger partial charge >= 0.3 is 11.9 Å². The molecule has 24 heavy (non-hydrogen) atoms. The average molecular weight is 336 g/mol. The Morgan fingerprint density at radius 2 is 1.54 bits per heavy atom. The molecular formula is C19H28O5. The van der Waals surface area contributed by atoms with Gasteiger partial charge in [0.05, 0.1) is 6.10 Å². The van der Waals surface area contributed by atoms with Crippen LogP contribution in [0.1, 0.15) is 64.7 Å². The Morgan fingerprint density at radius 3 is 2.04 bits per heavy atom.